The lowest BCUT2D eigenvalue weighted by molar-refractivity contribution is -0.385. The quantitative estimate of drug-likeness (QED) is 0.480. The molecule has 0 aliphatic carbocycles. The highest BCUT2D eigenvalue weighted by Gasteiger charge is 2.10. The summed E-state index contributed by atoms with van der Waals surface area (Å²) in [6, 6.07) is 12.8. The maximum Gasteiger partial charge on any atom is 0.278 e. The van der Waals surface area contributed by atoms with Crippen LogP contribution in [0.2, 0.25) is 0 Å². The fraction of sp³-hybridized carbons (Fsp3) is 0.176. The van der Waals surface area contributed by atoms with E-state index in [4.69, 9.17) is 4.74 Å². The number of nitrogens with one attached hydrogen (secondary N) is 1. The molecular formula is C17H17N3O4. The number of hydrogen-bond donors (Lipinski definition) is 1. The maximum absolute atomic E-state index is 12.0. The molecule has 7 nitrogen and oxygen atoms in total. The fourth-order valence-electron chi connectivity index (χ4n) is 1.91. The molecule has 24 heavy (non-hydrogen) atoms. The van der Waals surface area contributed by atoms with Crippen molar-refractivity contribution in [1.82, 2.24) is 5.43 Å². The van der Waals surface area contributed by atoms with Gasteiger partial charge in [-0.05, 0) is 36.8 Å². The number of benzene rings is 2. The van der Waals surface area contributed by atoms with E-state index in [0.717, 1.165) is 6.42 Å². The number of rotatable bonds is 7. The number of hydrazone groups is 1. The van der Waals surface area contributed by atoms with Crippen molar-refractivity contribution in [3.63, 3.8) is 0 Å². The average molecular weight is 327 g/mol. The van der Waals surface area contributed by atoms with Gasteiger partial charge in [0.15, 0.2) is 0 Å². The van der Waals surface area contributed by atoms with Crippen molar-refractivity contribution >= 4 is 17.8 Å². The molecule has 0 saturated carbocycles. The van der Waals surface area contributed by atoms with Gasteiger partial charge in [0.05, 0.1) is 23.3 Å². The van der Waals surface area contributed by atoms with Crippen LogP contribution in [-0.2, 0) is 0 Å². The molecule has 0 radical (unpaired) electrons. The van der Waals surface area contributed by atoms with Crippen LogP contribution in [-0.4, -0.2) is 23.7 Å². The standard InChI is InChI=1S/C17H17N3O4/c1-2-11-24-15-9-7-13(8-10-15)17(21)19-18-12-14-5-3-4-6-16(14)20(22)23/h3-10,12H,2,11H2,1H3,(H,19,21)/b18-12-. The van der Waals surface area contributed by atoms with Crippen LogP contribution in [0, 0.1) is 10.1 Å². The summed E-state index contributed by atoms with van der Waals surface area (Å²) in [5.74, 6) is 0.281. The van der Waals surface area contributed by atoms with E-state index >= 15 is 0 Å². The Balaban J connectivity index is 1.99. The molecular weight excluding hydrogens is 310 g/mol. The number of para-hydroxylation sites is 1. The molecule has 0 fully saturated rings. The largest absolute Gasteiger partial charge is 0.494 e. The molecule has 0 saturated heterocycles. The van der Waals surface area contributed by atoms with E-state index in [-0.39, 0.29) is 5.69 Å². The zero-order valence-corrected chi connectivity index (χ0v) is 13.1. The van der Waals surface area contributed by atoms with Gasteiger partial charge in [-0.15, -0.1) is 0 Å². The Labute approximate surface area is 139 Å². The van der Waals surface area contributed by atoms with Gasteiger partial charge in [-0.2, -0.15) is 5.10 Å². The number of nitro groups is 1. The van der Waals surface area contributed by atoms with Crippen LogP contribution in [0.5, 0.6) is 5.75 Å². The van der Waals surface area contributed by atoms with E-state index < -0.39 is 10.8 Å². The Morgan fingerprint density at radius 3 is 2.62 bits per heavy atom. The number of ether oxygens (including phenoxy) is 1. The lowest BCUT2D eigenvalue weighted by Crippen LogP contribution is -2.17. The summed E-state index contributed by atoms with van der Waals surface area (Å²) in [6.45, 7) is 2.63. The summed E-state index contributed by atoms with van der Waals surface area (Å²) in [6.07, 6.45) is 2.15. The topological polar surface area (TPSA) is 93.8 Å². The Morgan fingerprint density at radius 2 is 1.96 bits per heavy atom. The number of carbonyl (C=O) groups is 1. The molecule has 1 amide bonds. The van der Waals surface area contributed by atoms with Gasteiger partial charge in [0, 0.05) is 11.6 Å². The molecule has 0 heterocycles. The minimum Gasteiger partial charge on any atom is -0.494 e. The Bertz CT molecular complexity index is 742. The van der Waals surface area contributed by atoms with Crippen molar-refractivity contribution in [2.75, 3.05) is 6.61 Å². The molecule has 0 aliphatic heterocycles. The van der Waals surface area contributed by atoms with E-state index in [1.165, 1.54) is 12.3 Å². The lowest BCUT2D eigenvalue weighted by atomic mass is 10.2. The second kappa shape index (κ2) is 8.42. The SMILES string of the molecule is CCCOc1ccc(C(=O)N/N=C\c2ccccc2[N+](=O)[O-])cc1. The second-order valence-corrected chi connectivity index (χ2v) is 4.89. The first kappa shape index (κ1) is 17.1. The molecule has 0 bridgehead atoms. The molecule has 124 valence electrons. The zero-order valence-electron chi connectivity index (χ0n) is 13.1. The summed E-state index contributed by atoms with van der Waals surface area (Å²) >= 11 is 0. The van der Waals surface area contributed by atoms with E-state index in [1.807, 2.05) is 6.92 Å². The molecule has 2 aromatic rings. The molecule has 0 aliphatic rings. The molecule has 2 aromatic carbocycles. The first-order chi connectivity index (χ1) is 11.6. The third-order valence-corrected chi connectivity index (χ3v) is 3.09. The van der Waals surface area contributed by atoms with Gasteiger partial charge in [0.1, 0.15) is 5.75 Å². The summed E-state index contributed by atoms with van der Waals surface area (Å²) in [7, 11) is 0. The monoisotopic (exact) mass is 327 g/mol. The van der Waals surface area contributed by atoms with Crippen molar-refractivity contribution in [1.29, 1.82) is 0 Å². The van der Waals surface area contributed by atoms with Gasteiger partial charge >= 0.3 is 0 Å². The van der Waals surface area contributed by atoms with Gasteiger partial charge in [0.2, 0.25) is 0 Å². The van der Waals surface area contributed by atoms with Gasteiger partial charge < -0.3 is 4.74 Å². The Kier molecular flexibility index (Phi) is 6.01. The fourth-order valence-corrected chi connectivity index (χ4v) is 1.91. The minimum atomic E-state index is -0.502. The van der Waals surface area contributed by atoms with Crippen LogP contribution in [0.4, 0.5) is 5.69 Å². The van der Waals surface area contributed by atoms with Crippen LogP contribution >= 0.6 is 0 Å². The van der Waals surface area contributed by atoms with Crippen LogP contribution in [0.1, 0.15) is 29.3 Å². The van der Waals surface area contributed by atoms with E-state index in [0.29, 0.717) is 23.5 Å². The molecule has 7 heteroatoms. The van der Waals surface area contributed by atoms with Crippen molar-refractivity contribution in [3.05, 3.63) is 69.8 Å². The van der Waals surface area contributed by atoms with Crippen LogP contribution in [0.25, 0.3) is 0 Å². The average Bonchev–Trinajstić information content (AvgIpc) is 2.60. The van der Waals surface area contributed by atoms with Gasteiger partial charge in [-0.1, -0.05) is 19.1 Å². The van der Waals surface area contributed by atoms with Gasteiger partial charge in [-0.3, -0.25) is 14.9 Å². The summed E-state index contributed by atoms with van der Waals surface area (Å²) in [4.78, 5) is 22.4. The third-order valence-electron chi connectivity index (χ3n) is 3.09. The summed E-state index contributed by atoms with van der Waals surface area (Å²) in [5.41, 5.74) is 2.99. The highest BCUT2D eigenvalue weighted by atomic mass is 16.6. The van der Waals surface area contributed by atoms with Crippen LogP contribution < -0.4 is 10.2 Å². The molecule has 1 N–H and O–H groups in total. The number of nitro benzene ring substituents is 1. The zero-order chi connectivity index (χ0) is 17.4. The third kappa shape index (κ3) is 4.64. The highest BCUT2D eigenvalue weighted by molar-refractivity contribution is 5.95. The Hall–Kier alpha value is -3.22. The van der Waals surface area contributed by atoms with Crippen molar-refractivity contribution < 1.29 is 14.5 Å². The van der Waals surface area contributed by atoms with Crippen molar-refractivity contribution in [2.45, 2.75) is 13.3 Å². The number of carbonyl (C=O) groups excluding carboxylic acids is 1. The summed E-state index contributed by atoms with van der Waals surface area (Å²) < 4.78 is 5.44. The lowest BCUT2D eigenvalue weighted by Gasteiger charge is -2.05. The number of hydrogen-bond acceptors (Lipinski definition) is 5. The predicted molar refractivity (Wildman–Crippen MR) is 90.4 cm³/mol. The van der Waals surface area contributed by atoms with Gasteiger partial charge in [-0.25, -0.2) is 5.43 Å². The number of nitrogens with zero attached hydrogens (tertiary/aromatic N) is 2. The second-order valence-electron chi connectivity index (χ2n) is 4.89. The normalized spacial score (nSPS) is 10.5. The van der Waals surface area contributed by atoms with Crippen LogP contribution in [0.3, 0.4) is 0 Å². The smallest absolute Gasteiger partial charge is 0.278 e. The predicted octanol–water partition coefficient (Wildman–Crippen LogP) is 3.15. The van der Waals surface area contributed by atoms with E-state index in [9.17, 15) is 14.9 Å². The maximum atomic E-state index is 12.0. The minimum absolute atomic E-state index is 0.0760. The summed E-state index contributed by atoms with van der Waals surface area (Å²) in [5, 5.41) is 14.7. The highest BCUT2D eigenvalue weighted by Crippen LogP contribution is 2.15. The van der Waals surface area contributed by atoms with Crippen LogP contribution in [0.15, 0.2) is 53.6 Å². The van der Waals surface area contributed by atoms with E-state index in [1.54, 1.807) is 42.5 Å². The first-order valence-corrected chi connectivity index (χ1v) is 7.41. The molecule has 0 unspecified atom stereocenters. The molecule has 0 aromatic heterocycles. The molecule has 0 atom stereocenters. The Morgan fingerprint density at radius 1 is 1.25 bits per heavy atom. The van der Waals surface area contributed by atoms with Gasteiger partial charge in [0.25, 0.3) is 11.6 Å². The first-order valence-electron chi connectivity index (χ1n) is 7.41. The number of amides is 1. The molecule has 0 spiro atoms. The van der Waals surface area contributed by atoms with Crippen molar-refractivity contribution in [2.24, 2.45) is 5.10 Å². The van der Waals surface area contributed by atoms with E-state index in [2.05, 4.69) is 10.5 Å². The van der Waals surface area contributed by atoms with Crippen molar-refractivity contribution in [3.8, 4) is 5.75 Å². The molecule has 2 rings (SSSR count).